The van der Waals surface area contributed by atoms with Gasteiger partial charge in [-0.05, 0) is 38.5 Å². The first-order valence-corrected chi connectivity index (χ1v) is 6.37. The maximum absolute atomic E-state index is 5.84. The third-order valence-electron chi connectivity index (χ3n) is 3.36. The molecule has 0 saturated carbocycles. The van der Waals surface area contributed by atoms with Crippen molar-refractivity contribution in [1.29, 1.82) is 0 Å². The molecule has 0 bridgehead atoms. The van der Waals surface area contributed by atoms with E-state index in [4.69, 9.17) is 5.73 Å². The first-order chi connectivity index (χ1) is 8.99. The summed E-state index contributed by atoms with van der Waals surface area (Å²) in [5.74, 6) is 0.912. The van der Waals surface area contributed by atoms with E-state index in [0.29, 0.717) is 0 Å². The molecular weight excluding hydrogens is 236 g/mol. The number of nitrogens with zero attached hydrogens (tertiary/aromatic N) is 3. The van der Waals surface area contributed by atoms with Gasteiger partial charge in [0, 0.05) is 18.9 Å². The molecule has 2 rings (SSSR count). The van der Waals surface area contributed by atoms with Crippen LogP contribution in [0.3, 0.4) is 0 Å². The minimum absolute atomic E-state index is 0.193. The van der Waals surface area contributed by atoms with Crippen LogP contribution in [0.5, 0.6) is 0 Å². The van der Waals surface area contributed by atoms with E-state index in [2.05, 4.69) is 27.9 Å². The minimum Gasteiger partial charge on any atom is -0.399 e. The number of nitrogen functional groups attached to an aromatic ring is 1. The highest BCUT2D eigenvalue weighted by molar-refractivity contribution is 5.48. The predicted octanol–water partition coefficient (Wildman–Crippen LogP) is 2.87. The summed E-state index contributed by atoms with van der Waals surface area (Å²) in [7, 11) is 2.03. The smallest absolute Gasteiger partial charge is 0.150 e. The van der Waals surface area contributed by atoms with Crippen LogP contribution in [0.15, 0.2) is 30.5 Å². The molecule has 0 saturated heterocycles. The third-order valence-corrected chi connectivity index (χ3v) is 3.36. The van der Waals surface area contributed by atoms with E-state index in [-0.39, 0.29) is 6.04 Å². The fraction of sp³-hybridized carbons (Fsp3) is 0.333. The molecule has 0 aliphatic rings. The fourth-order valence-corrected chi connectivity index (χ4v) is 2.08. The van der Waals surface area contributed by atoms with Crippen molar-refractivity contribution in [3.63, 3.8) is 0 Å². The number of hydrogen-bond donors (Lipinski definition) is 1. The van der Waals surface area contributed by atoms with E-state index in [1.165, 1.54) is 5.56 Å². The van der Waals surface area contributed by atoms with Crippen LogP contribution in [-0.2, 0) is 0 Å². The summed E-state index contributed by atoms with van der Waals surface area (Å²) in [5.41, 5.74) is 9.65. The lowest BCUT2D eigenvalue weighted by atomic mass is 10.1. The monoisotopic (exact) mass is 256 g/mol. The summed E-state index contributed by atoms with van der Waals surface area (Å²) in [6.45, 7) is 6.07. The molecule has 0 fully saturated rings. The Kier molecular flexibility index (Phi) is 3.69. The molecule has 2 aromatic rings. The second kappa shape index (κ2) is 5.26. The summed E-state index contributed by atoms with van der Waals surface area (Å²) in [4.78, 5) is 11.1. The van der Waals surface area contributed by atoms with Crippen LogP contribution < -0.4 is 10.6 Å². The SMILES string of the molecule is Cc1cnc(C)c(N(C)C(C)c2cccc(N)c2)n1. The molecule has 0 amide bonds. The lowest BCUT2D eigenvalue weighted by Crippen LogP contribution is -2.24. The van der Waals surface area contributed by atoms with Crippen LogP contribution in [0, 0.1) is 13.8 Å². The summed E-state index contributed by atoms with van der Waals surface area (Å²) in [5, 5.41) is 0. The molecule has 4 heteroatoms. The highest BCUT2D eigenvalue weighted by Gasteiger charge is 2.16. The number of rotatable bonds is 3. The van der Waals surface area contributed by atoms with Crippen LogP contribution in [0.4, 0.5) is 11.5 Å². The van der Waals surface area contributed by atoms with Crippen molar-refractivity contribution in [2.24, 2.45) is 0 Å². The highest BCUT2D eigenvalue weighted by Crippen LogP contribution is 2.26. The summed E-state index contributed by atoms with van der Waals surface area (Å²) >= 11 is 0. The molecule has 2 N–H and O–H groups in total. The first kappa shape index (κ1) is 13.3. The average Bonchev–Trinajstić information content (AvgIpc) is 2.40. The van der Waals surface area contributed by atoms with Gasteiger partial charge in [-0.2, -0.15) is 0 Å². The van der Waals surface area contributed by atoms with Gasteiger partial charge in [0.2, 0.25) is 0 Å². The van der Waals surface area contributed by atoms with E-state index in [0.717, 1.165) is 22.9 Å². The normalized spacial score (nSPS) is 12.2. The molecule has 0 aliphatic heterocycles. The Hall–Kier alpha value is -2.10. The van der Waals surface area contributed by atoms with Gasteiger partial charge in [-0.3, -0.25) is 4.98 Å². The molecule has 0 spiro atoms. The lowest BCUT2D eigenvalue weighted by Gasteiger charge is -2.27. The van der Waals surface area contributed by atoms with Gasteiger partial charge in [0.25, 0.3) is 0 Å². The van der Waals surface area contributed by atoms with Crippen LogP contribution in [0.2, 0.25) is 0 Å². The van der Waals surface area contributed by atoms with Crippen molar-refractivity contribution in [3.8, 4) is 0 Å². The van der Waals surface area contributed by atoms with E-state index in [9.17, 15) is 0 Å². The van der Waals surface area contributed by atoms with E-state index < -0.39 is 0 Å². The van der Waals surface area contributed by atoms with Crippen molar-refractivity contribution < 1.29 is 0 Å². The summed E-state index contributed by atoms with van der Waals surface area (Å²) < 4.78 is 0. The summed E-state index contributed by atoms with van der Waals surface area (Å²) in [6, 6.07) is 8.14. The van der Waals surface area contributed by atoms with Crippen molar-refractivity contribution >= 4 is 11.5 Å². The quantitative estimate of drug-likeness (QED) is 0.858. The molecule has 4 nitrogen and oxygen atoms in total. The zero-order valence-corrected chi connectivity index (χ0v) is 11.9. The number of nitrogens with two attached hydrogens (primary N) is 1. The van der Waals surface area contributed by atoms with Gasteiger partial charge in [-0.25, -0.2) is 4.98 Å². The van der Waals surface area contributed by atoms with E-state index >= 15 is 0 Å². The first-order valence-electron chi connectivity index (χ1n) is 6.37. The van der Waals surface area contributed by atoms with E-state index in [1.807, 2.05) is 39.1 Å². The molecule has 1 unspecified atom stereocenters. The van der Waals surface area contributed by atoms with Crippen LogP contribution in [-0.4, -0.2) is 17.0 Å². The topological polar surface area (TPSA) is 55.0 Å². The zero-order valence-electron chi connectivity index (χ0n) is 11.9. The maximum atomic E-state index is 5.84. The van der Waals surface area contributed by atoms with Gasteiger partial charge in [0.1, 0.15) is 0 Å². The Bertz CT molecular complexity index is 580. The Morgan fingerprint density at radius 2 is 2.00 bits per heavy atom. The molecule has 1 aromatic heterocycles. The average molecular weight is 256 g/mol. The Morgan fingerprint density at radius 3 is 2.68 bits per heavy atom. The number of aryl methyl sites for hydroxylation is 2. The van der Waals surface area contributed by atoms with E-state index in [1.54, 1.807) is 6.20 Å². The van der Waals surface area contributed by atoms with Crippen molar-refractivity contribution in [1.82, 2.24) is 9.97 Å². The number of benzene rings is 1. The molecular formula is C15H20N4. The molecule has 1 aromatic carbocycles. The predicted molar refractivity (Wildman–Crippen MR) is 79.2 cm³/mol. The van der Waals surface area contributed by atoms with Gasteiger partial charge in [0.15, 0.2) is 5.82 Å². The molecule has 19 heavy (non-hydrogen) atoms. The Morgan fingerprint density at radius 1 is 1.26 bits per heavy atom. The van der Waals surface area contributed by atoms with Crippen LogP contribution in [0.25, 0.3) is 0 Å². The molecule has 100 valence electrons. The van der Waals surface area contributed by atoms with Gasteiger partial charge in [-0.15, -0.1) is 0 Å². The Labute approximate surface area is 114 Å². The van der Waals surface area contributed by atoms with Gasteiger partial charge >= 0.3 is 0 Å². The van der Waals surface area contributed by atoms with Crippen molar-refractivity contribution in [2.75, 3.05) is 17.7 Å². The fourth-order valence-electron chi connectivity index (χ4n) is 2.08. The standard InChI is InChI=1S/C15H20N4/c1-10-9-17-11(2)15(18-10)19(4)12(3)13-6-5-7-14(16)8-13/h5-9,12H,16H2,1-4H3. The molecule has 1 heterocycles. The second-order valence-electron chi connectivity index (χ2n) is 4.88. The van der Waals surface area contributed by atoms with Crippen molar-refractivity contribution in [3.05, 3.63) is 47.4 Å². The second-order valence-corrected chi connectivity index (χ2v) is 4.88. The molecule has 1 atom stereocenters. The third kappa shape index (κ3) is 2.84. The van der Waals surface area contributed by atoms with Crippen molar-refractivity contribution in [2.45, 2.75) is 26.8 Å². The Balaban J connectivity index is 2.33. The maximum Gasteiger partial charge on any atom is 0.150 e. The number of aromatic nitrogens is 2. The van der Waals surface area contributed by atoms with Crippen LogP contribution in [0.1, 0.15) is 29.9 Å². The van der Waals surface area contributed by atoms with Gasteiger partial charge in [-0.1, -0.05) is 12.1 Å². The number of hydrogen-bond acceptors (Lipinski definition) is 4. The van der Waals surface area contributed by atoms with Gasteiger partial charge < -0.3 is 10.6 Å². The summed E-state index contributed by atoms with van der Waals surface area (Å²) in [6.07, 6.45) is 1.79. The van der Waals surface area contributed by atoms with Crippen LogP contribution >= 0.6 is 0 Å². The molecule has 0 radical (unpaired) electrons. The largest absolute Gasteiger partial charge is 0.399 e. The molecule has 0 aliphatic carbocycles. The zero-order chi connectivity index (χ0) is 14.0. The lowest BCUT2D eigenvalue weighted by molar-refractivity contribution is 0.720. The van der Waals surface area contributed by atoms with Gasteiger partial charge in [0.05, 0.1) is 17.4 Å². The number of anilines is 2. The minimum atomic E-state index is 0.193. The highest BCUT2D eigenvalue weighted by atomic mass is 15.2.